The van der Waals surface area contributed by atoms with Crippen molar-refractivity contribution in [1.82, 2.24) is 9.97 Å². The molecular formula is C18H17N3O4. The van der Waals surface area contributed by atoms with Crippen LogP contribution in [0.5, 0.6) is 0 Å². The number of allylic oxidation sites excluding steroid dienone is 1. The minimum absolute atomic E-state index is 0.242. The van der Waals surface area contributed by atoms with Crippen LogP contribution in [0.15, 0.2) is 60.9 Å². The first-order chi connectivity index (χ1) is 12.3. The lowest BCUT2D eigenvalue weighted by Crippen LogP contribution is -2.34. The van der Waals surface area contributed by atoms with E-state index < -0.39 is 6.09 Å². The summed E-state index contributed by atoms with van der Waals surface area (Å²) in [6, 6.07) is 5.30. The van der Waals surface area contributed by atoms with E-state index in [1.807, 2.05) is 24.3 Å². The van der Waals surface area contributed by atoms with Crippen molar-refractivity contribution in [1.29, 1.82) is 0 Å². The molecule has 7 nitrogen and oxygen atoms in total. The number of fused-ring (bicyclic) bond motifs is 1. The molecule has 1 N–H and O–H groups in total. The second-order valence-electron chi connectivity index (χ2n) is 5.65. The van der Waals surface area contributed by atoms with E-state index in [-0.39, 0.29) is 12.6 Å². The summed E-state index contributed by atoms with van der Waals surface area (Å²) in [4.78, 5) is 21.2. The number of H-pyrrole nitrogens is 1. The number of amides is 1. The number of imidazole rings is 1. The molecule has 2 aromatic rings. The van der Waals surface area contributed by atoms with Gasteiger partial charge in [0.2, 0.25) is 0 Å². The number of nitrogens with zero attached hydrogens (tertiary/aromatic N) is 2. The fourth-order valence-electron chi connectivity index (χ4n) is 2.94. The van der Waals surface area contributed by atoms with Gasteiger partial charge in [-0.1, -0.05) is 12.7 Å². The third kappa shape index (κ3) is 2.84. The van der Waals surface area contributed by atoms with Crippen LogP contribution in [0.3, 0.4) is 0 Å². The number of cyclic esters (lactones) is 1. The highest BCUT2D eigenvalue weighted by molar-refractivity contribution is 5.93. The zero-order valence-corrected chi connectivity index (χ0v) is 13.5. The number of benzene rings is 1. The van der Waals surface area contributed by atoms with E-state index in [9.17, 15) is 4.79 Å². The van der Waals surface area contributed by atoms with E-state index in [4.69, 9.17) is 14.2 Å². The van der Waals surface area contributed by atoms with Crippen LogP contribution in [0.1, 0.15) is 0 Å². The third-order valence-corrected chi connectivity index (χ3v) is 4.15. The summed E-state index contributed by atoms with van der Waals surface area (Å²) in [6.07, 6.45) is 6.31. The lowest BCUT2D eigenvalue weighted by atomic mass is 10.1. The van der Waals surface area contributed by atoms with Gasteiger partial charge in [-0.15, -0.1) is 0 Å². The van der Waals surface area contributed by atoms with Crippen LogP contribution in [0.4, 0.5) is 10.5 Å². The monoisotopic (exact) mass is 339 g/mol. The fraction of sp³-hybridized carbons (Fsp3) is 0.222. The van der Waals surface area contributed by atoms with E-state index in [2.05, 4.69) is 16.5 Å². The van der Waals surface area contributed by atoms with Crippen molar-refractivity contribution >= 4 is 22.8 Å². The molecule has 0 saturated carbocycles. The number of nitrogens with one attached hydrogen (secondary N) is 1. The van der Waals surface area contributed by atoms with Gasteiger partial charge in [-0.05, 0) is 29.8 Å². The van der Waals surface area contributed by atoms with E-state index in [0.717, 1.165) is 22.3 Å². The van der Waals surface area contributed by atoms with Crippen LogP contribution < -0.4 is 4.90 Å². The maximum atomic E-state index is 12.3. The highest BCUT2D eigenvalue weighted by Gasteiger charge is 2.36. The summed E-state index contributed by atoms with van der Waals surface area (Å²) in [7, 11) is 0. The topological polar surface area (TPSA) is 76.7 Å². The first-order valence-corrected chi connectivity index (χ1v) is 7.94. The minimum atomic E-state index is -0.397. The van der Waals surface area contributed by atoms with Crippen LogP contribution in [0.2, 0.25) is 0 Å². The summed E-state index contributed by atoms with van der Waals surface area (Å²) in [6.45, 7) is 5.13. The molecule has 1 atom stereocenters. The molecule has 25 heavy (non-hydrogen) atoms. The van der Waals surface area contributed by atoms with Gasteiger partial charge >= 0.3 is 6.09 Å². The Kier molecular flexibility index (Phi) is 3.89. The summed E-state index contributed by atoms with van der Waals surface area (Å²) >= 11 is 0. The molecule has 2 aliphatic rings. The van der Waals surface area contributed by atoms with Gasteiger partial charge in [-0.25, -0.2) is 9.78 Å². The molecule has 128 valence electrons. The molecule has 0 radical (unpaired) electrons. The summed E-state index contributed by atoms with van der Waals surface area (Å²) in [5.41, 5.74) is 3.23. The smallest absolute Gasteiger partial charge is 0.415 e. The minimum Gasteiger partial charge on any atom is -0.494 e. The van der Waals surface area contributed by atoms with Crippen LogP contribution in [0.25, 0.3) is 11.0 Å². The molecule has 0 aliphatic carbocycles. The molecule has 4 rings (SSSR count). The Bertz CT molecular complexity index is 883. The first-order valence-electron chi connectivity index (χ1n) is 7.94. The summed E-state index contributed by atoms with van der Waals surface area (Å²) < 4.78 is 16.1. The molecule has 1 fully saturated rings. The Morgan fingerprint density at radius 1 is 1.36 bits per heavy atom. The lowest BCUT2D eigenvalue weighted by molar-refractivity contribution is 0.0918. The molecular weight excluding hydrogens is 322 g/mol. The molecule has 0 bridgehead atoms. The molecule has 1 aromatic heterocycles. The second kappa shape index (κ2) is 6.35. The maximum Gasteiger partial charge on any atom is 0.415 e. The second-order valence-corrected chi connectivity index (χ2v) is 5.65. The van der Waals surface area contributed by atoms with E-state index >= 15 is 0 Å². The van der Waals surface area contributed by atoms with Gasteiger partial charge in [0, 0.05) is 0 Å². The van der Waals surface area contributed by atoms with Gasteiger partial charge < -0.3 is 19.2 Å². The zero-order valence-electron chi connectivity index (χ0n) is 13.5. The molecule has 0 spiro atoms. The van der Waals surface area contributed by atoms with Gasteiger partial charge in [0.05, 0.1) is 29.1 Å². The maximum absolute atomic E-state index is 12.3. The Morgan fingerprint density at radius 3 is 3.08 bits per heavy atom. The van der Waals surface area contributed by atoms with E-state index in [1.165, 1.54) is 0 Å². The predicted octanol–water partition coefficient (Wildman–Crippen LogP) is 2.89. The van der Waals surface area contributed by atoms with Gasteiger partial charge in [0.15, 0.2) is 5.76 Å². The Morgan fingerprint density at radius 2 is 2.28 bits per heavy atom. The summed E-state index contributed by atoms with van der Waals surface area (Å²) in [5, 5.41) is 0. The van der Waals surface area contributed by atoms with Crippen molar-refractivity contribution < 1.29 is 19.0 Å². The Labute approximate surface area is 144 Å². The van der Waals surface area contributed by atoms with Crippen molar-refractivity contribution in [3.8, 4) is 0 Å². The molecule has 2 aliphatic heterocycles. The predicted molar refractivity (Wildman–Crippen MR) is 92.0 cm³/mol. The van der Waals surface area contributed by atoms with Gasteiger partial charge in [-0.3, -0.25) is 4.90 Å². The normalized spacial score (nSPS) is 20.7. The fourth-order valence-corrected chi connectivity index (χ4v) is 2.94. The molecule has 1 saturated heterocycles. The van der Waals surface area contributed by atoms with Crippen LogP contribution in [-0.4, -0.2) is 41.9 Å². The van der Waals surface area contributed by atoms with Crippen LogP contribution in [-0.2, 0) is 14.2 Å². The van der Waals surface area contributed by atoms with Gasteiger partial charge in [-0.2, -0.15) is 0 Å². The first kappa shape index (κ1) is 15.3. The average Bonchev–Trinajstić information content (AvgIpc) is 3.26. The largest absolute Gasteiger partial charge is 0.494 e. The van der Waals surface area contributed by atoms with Crippen molar-refractivity contribution in [2.24, 2.45) is 0 Å². The zero-order chi connectivity index (χ0) is 17.2. The molecule has 7 heteroatoms. The van der Waals surface area contributed by atoms with Crippen LogP contribution in [0, 0.1) is 0 Å². The van der Waals surface area contributed by atoms with Crippen LogP contribution >= 0.6 is 0 Å². The highest BCUT2D eigenvalue weighted by atomic mass is 16.6. The number of hydrogen-bond acceptors (Lipinski definition) is 5. The number of aromatic nitrogens is 2. The van der Waals surface area contributed by atoms with Gasteiger partial charge in [0.25, 0.3) is 0 Å². The quantitative estimate of drug-likeness (QED) is 0.867. The summed E-state index contributed by atoms with van der Waals surface area (Å²) in [5.74, 6) is 0.601. The number of rotatable bonds is 4. The standard InChI is InChI=1S/C18H17N3O4/c1-2-12(7-14-9-23-5-6-24-14)17-10-25-18(22)21(17)13-3-4-15-16(8-13)20-11-19-15/h2-4,7-9,11,17H,1,5-6,10H2,(H,19,20)/b12-7+/t17-/m1/s1. The van der Waals surface area contributed by atoms with E-state index in [1.54, 1.807) is 23.6 Å². The highest BCUT2D eigenvalue weighted by Crippen LogP contribution is 2.30. The molecule has 1 amide bonds. The Hall–Kier alpha value is -3.22. The van der Waals surface area contributed by atoms with Crippen molar-refractivity contribution in [3.05, 3.63) is 60.9 Å². The Balaban J connectivity index is 1.69. The lowest BCUT2D eigenvalue weighted by Gasteiger charge is -2.23. The third-order valence-electron chi connectivity index (χ3n) is 4.15. The van der Waals surface area contributed by atoms with Crippen molar-refractivity contribution in [2.45, 2.75) is 6.04 Å². The number of carbonyl (C=O) groups excluding carboxylic acids is 1. The number of hydrogen-bond donors (Lipinski definition) is 1. The molecule has 0 unspecified atom stereocenters. The van der Waals surface area contributed by atoms with Crippen molar-refractivity contribution in [3.63, 3.8) is 0 Å². The SMILES string of the molecule is C=C/C(=C\C1=COCCO1)[C@H]1COC(=O)N1c1ccc2nc[nH]c2c1. The number of anilines is 1. The number of carbonyl (C=O) groups is 1. The van der Waals surface area contributed by atoms with Crippen molar-refractivity contribution in [2.75, 3.05) is 24.7 Å². The molecule has 3 heterocycles. The van der Waals surface area contributed by atoms with Gasteiger partial charge in [0.1, 0.15) is 26.1 Å². The molecule has 1 aromatic carbocycles. The average molecular weight is 339 g/mol. The number of aromatic amines is 1. The van der Waals surface area contributed by atoms with E-state index in [0.29, 0.717) is 19.0 Å². The number of ether oxygens (including phenoxy) is 3.